The molecule has 0 saturated carbocycles. The first-order chi connectivity index (χ1) is 8.25. The van der Waals surface area contributed by atoms with Crippen molar-refractivity contribution >= 4 is 11.6 Å². The standard InChI is InChI=1S/C14H11ClO2/c15-12-6-8-13(16)14(9-7-12)17-10-11-4-2-1-3-5-11/h1-9H,10H2. The second-order valence-electron chi connectivity index (χ2n) is 3.55. The van der Waals surface area contributed by atoms with Gasteiger partial charge in [0.1, 0.15) is 6.61 Å². The van der Waals surface area contributed by atoms with Gasteiger partial charge in [0, 0.05) is 5.02 Å². The molecule has 0 aliphatic heterocycles. The van der Waals surface area contributed by atoms with Crippen molar-refractivity contribution in [2.24, 2.45) is 0 Å². The fourth-order valence-corrected chi connectivity index (χ4v) is 1.51. The first-order valence-electron chi connectivity index (χ1n) is 5.22. The van der Waals surface area contributed by atoms with Gasteiger partial charge in [0.15, 0.2) is 5.75 Å². The molecule has 0 unspecified atom stereocenters. The highest BCUT2D eigenvalue weighted by molar-refractivity contribution is 6.30. The van der Waals surface area contributed by atoms with Gasteiger partial charge >= 0.3 is 0 Å². The zero-order valence-electron chi connectivity index (χ0n) is 9.10. The quantitative estimate of drug-likeness (QED) is 0.831. The molecule has 0 aromatic heterocycles. The van der Waals surface area contributed by atoms with Crippen LogP contribution in [0.3, 0.4) is 0 Å². The Morgan fingerprint density at radius 1 is 0.941 bits per heavy atom. The first kappa shape index (κ1) is 11.7. The van der Waals surface area contributed by atoms with Gasteiger partial charge in [0.2, 0.25) is 5.43 Å². The van der Waals surface area contributed by atoms with Crippen LogP contribution < -0.4 is 10.2 Å². The average Bonchev–Trinajstić information content (AvgIpc) is 2.52. The minimum atomic E-state index is -0.173. The van der Waals surface area contributed by atoms with Crippen LogP contribution in [0.15, 0.2) is 59.4 Å². The zero-order chi connectivity index (χ0) is 12.1. The van der Waals surface area contributed by atoms with Crippen LogP contribution in [0.1, 0.15) is 5.56 Å². The van der Waals surface area contributed by atoms with Crippen molar-refractivity contribution in [2.75, 3.05) is 0 Å². The van der Waals surface area contributed by atoms with E-state index in [4.69, 9.17) is 16.3 Å². The van der Waals surface area contributed by atoms with Crippen molar-refractivity contribution in [2.45, 2.75) is 6.61 Å². The molecule has 0 radical (unpaired) electrons. The third-order valence-corrected chi connectivity index (χ3v) is 2.52. The van der Waals surface area contributed by atoms with E-state index in [-0.39, 0.29) is 5.43 Å². The molecule has 0 N–H and O–H groups in total. The fraction of sp³-hybridized carbons (Fsp3) is 0.0714. The number of benzene rings is 1. The maximum Gasteiger partial charge on any atom is 0.220 e. The van der Waals surface area contributed by atoms with Crippen LogP contribution in [0.25, 0.3) is 0 Å². The van der Waals surface area contributed by atoms with Crippen LogP contribution in [0, 0.1) is 0 Å². The van der Waals surface area contributed by atoms with E-state index in [0.29, 0.717) is 17.4 Å². The topological polar surface area (TPSA) is 26.3 Å². The van der Waals surface area contributed by atoms with Gasteiger partial charge < -0.3 is 4.74 Å². The average molecular weight is 247 g/mol. The second kappa shape index (κ2) is 5.51. The highest BCUT2D eigenvalue weighted by Crippen LogP contribution is 2.10. The molecule has 0 aliphatic rings. The van der Waals surface area contributed by atoms with Gasteiger partial charge in [-0.25, -0.2) is 0 Å². The molecule has 2 nitrogen and oxygen atoms in total. The van der Waals surface area contributed by atoms with Crippen LogP contribution in [0.2, 0.25) is 5.02 Å². The Hall–Kier alpha value is -1.80. The molecule has 0 spiro atoms. The zero-order valence-corrected chi connectivity index (χ0v) is 9.85. The van der Waals surface area contributed by atoms with Crippen LogP contribution in [-0.4, -0.2) is 0 Å². The normalized spacial score (nSPS) is 9.94. The summed E-state index contributed by atoms with van der Waals surface area (Å²) in [4.78, 5) is 11.6. The molecule has 3 heteroatoms. The molecule has 0 atom stereocenters. The SMILES string of the molecule is O=c1ccc(Cl)ccc1OCc1ccccc1. The summed E-state index contributed by atoms with van der Waals surface area (Å²) in [5.74, 6) is 0.306. The van der Waals surface area contributed by atoms with E-state index in [1.165, 1.54) is 6.07 Å². The third-order valence-electron chi connectivity index (χ3n) is 2.27. The summed E-state index contributed by atoms with van der Waals surface area (Å²) in [6.45, 7) is 0.373. The van der Waals surface area contributed by atoms with Crippen molar-refractivity contribution < 1.29 is 4.74 Å². The molecule has 86 valence electrons. The van der Waals surface area contributed by atoms with Gasteiger partial charge in [-0.3, -0.25) is 4.79 Å². The van der Waals surface area contributed by atoms with Gasteiger partial charge in [-0.05, 0) is 29.8 Å². The summed E-state index contributed by atoms with van der Waals surface area (Å²) in [7, 11) is 0. The van der Waals surface area contributed by atoms with Crippen LogP contribution >= 0.6 is 11.6 Å². The second-order valence-corrected chi connectivity index (χ2v) is 3.99. The van der Waals surface area contributed by atoms with Crippen LogP contribution in [-0.2, 0) is 6.61 Å². The first-order valence-corrected chi connectivity index (χ1v) is 5.60. The van der Waals surface area contributed by atoms with Crippen molar-refractivity contribution in [3.8, 4) is 5.75 Å². The number of rotatable bonds is 3. The Morgan fingerprint density at radius 3 is 2.41 bits per heavy atom. The van der Waals surface area contributed by atoms with E-state index in [2.05, 4.69) is 0 Å². The summed E-state index contributed by atoms with van der Waals surface area (Å²) < 4.78 is 5.47. The molecule has 0 bridgehead atoms. The van der Waals surface area contributed by atoms with E-state index in [1.54, 1.807) is 18.2 Å². The molecule has 0 amide bonds. The van der Waals surface area contributed by atoms with E-state index in [1.807, 2.05) is 30.3 Å². The molecule has 0 fully saturated rings. The van der Waals surface area contributed by atoms with E-state index in [9.17, 15) is 4.79 Å². The monoisotopic (exact) mass is 246 g/mol. The predicted octanol–water partition coefficient (Wildman–Crippen LogP) is 3.28. The Labute approximate surface area is 104 Å². The van der Waals surface area contributed by atoms with Crippen molar-refractivity contribution in [3.05, 3.63) is 75.4 Å². The highest BCUT2D eigenvalue weighted by atomic mass is 35.5. The smallest absolute Gasteiger partial charge is 0.220 e. The minimum Gasteiger partial charge on any atom is -0.485 e. The molecule has 17 heavy (non-hydrogen) atoms. The summed E-state index contributed by atoms with van der Waals surface area (Å²) in [5.41, 5.74) is 0.845. The molecule has 2 rings (SSSR count). The predicted molar refractivity (Wildman–Crippen MR) is 68.5 cm³/mol. The van der Waals surface area contributed by atoms with E-state index in [0.717, 1.165) is 5.56 Å². The Kier molecular flexibility index (Phi) is 3.78. The molecular formula is C14H11ClO2. The van der Waals surface area contributed by atoms with Gasteiger partial charge in [0.25, 0.3) is 0 Å². The molecule has 2 aromatic rings. The molecule has 0 saturated heterocycles. The van der Waals surface area contributed by atoms with Crippen molar-refractivity contribution in [1.82, 2.24) is 0 Å². The van der Waals surface area contributed by atoms with Gasteiger partial charge in [0.05, 0.1) is 0 Å². The molecular weight excluding hydrogens is 236 g/mol. The van der Waals surface area contributed by atoms with E-state index >= 15 is 0 Å². The minimum absolute atomic E-state index is 0.173. The number of hydrogen-bond donors (Lipinski definition) is 0. The Balaban J connectivity index is 2.15. The van der Waals surface area contributed by atoms with Gasteiger partial charge in [-0.1, -0.05) is 41.9 Å². The maximum atomic E-state index is 11.6. The lowest BCUT2D eigenvalue weighted by Gasteiger charge is -2.03. The number of halogens is 1. The maximum absolute atomic E-state index is 11.6. The summed E-state index contributed by atoms with van der Waals surface area (Å²) in [6.07, 6.45) is 0. The van der Waals surface area contributed by atoms with Crippen molar-refractivity contribution in [3.63, 3.8) is 0 Å². The van der Waals surface area contributed by atoms with Crippen LogP contribution in [0.5, 0.6) is 5.75 Å². The summed E-state index contributed by atoms with van der Waals surface area (Å²) in [5, 5.41) is 0.511. The molecule has 2 aromatic carbocycles. The van der Waals surface area contributed by atoms with Crippen molar-refractivity contribution in [1.29, 1.82) is 0 Å². The van der Waals surface area contributed by atoms with Gasteiger partial charge in [-0.2, -0.15) is 0 Å². The number of ether oxygens (including phenoxy) is 1. The highest BCUT2D eigenvalue weighted by Gasteiger charge is 1.99. The molecule has 0 heterocycles. The Bertz CT molecular complexity index is 552. The number of hydrogen-bond acceptors (Lipinski definition) is 2. The third kappa shape index (κ3) is 3.33. The lowest BCUT2D eigenvalue weighted by Crippen LogP contribution is -2.04. The van der Waals surface area contributed by atoms with Gasteiger partial charge in [-0.15, -0.1) is 0 Å². The summed E-state index contributed by atoms with van der Waals surface area (Å²) in [6, 6.07) is 15.9. The largest absolute Gasteiger partial charge is 0.485 e. The molecule has 0 aliphatic carbocycles. The fourth-order valence-electron chi connectivity index (χ4n) is 1.38. The Morgan fingerprint density at radius 2 is 1.65 bits per heavy atom. The lowest BCUT2D eigenvalue weighted by molar-refractivity contribution is 0.304. The lowest BCUT2D eigenvalue weighted by atomic mass is 10.2. The summed E-state index contributed by atoms with van der Waals surface area (Å²) >= 11 is 5.79. The van der Waals surface area contributed by atoms with Crippen LogP contribution in [0.4, 0.5) is 0 Å². The van der Waals surface area contributed by atoms with E-state index < -0.39 is 0 Å².